The number of benzene rings is 1. The average Bonchev–Trinajstić information content (AvgIpc) is 2.49. The minimum absolute atomic E-state index is 0.134. The standard InChI is InChI=1S/C16H21N3O/c1-2-12-20-18-16(17)15-9-5-4-8-14(15)13-19-10-6-3-7-11-19/h1,4-5,8-9H,3,6-7,10-13H2,(H2,17,18). The number of hydrogen-bond donors (Lipinski definition) is 1. The lowest BCUT2D eigenvalue weighted by Gasteiger charge is -2.27. The molecule has 1 aliphatic rings. The van der Waals surface area contributed by atoms with Gasteiger partial charge in [0, 0.05) is 12.1 Å². The summed E-state index contributed by atoms with van der Waals surface area (Å²) in [5, 5.41) is 3.87. The molecule has 0 aromatic heterocycles. The number of nitrogens with zero attached hydrogens (tertiary/aromatic N) is 2. The van der Waals surface area contributed by atoms with E-state index >= 15 is 0 Å². The van der Waals surface area contributed by atoms with Crippen LogP contribution < -0.4 is 5.73 Å². The predicted octanol–water partition coefficient (Wildman–Crippen LogP) is 1.94. The number of nitrogens with two attached hydrogens (primary N) is 1. The summed E-state index contributed by atoms with van der Waals surface area (Å²) in [6.07, 6.45) is 9.00. The summed E-state index contributed by atoms with van der Waals surface area (Å²) in [7, 11) is 0. The summed E-state index contributed by atoms with van der Waals surface area (Å²) < 4.78 is 0. The predicted molar refractivity (Wildman–Crippen MR) is 81.1 cm³/mol. The Kier molecular flexibility index (Phi) is 5.45. The minimum atomic E-state index is 0.134. The highest BCUT2D eigenvalue weighted by atomic mass is 16.6. The molecule has 106 valence electrons. The van der Waals surface area contributed by atoms with E-state index in [-0.39, 0.29) is 6.61 Å². The number of terminal acetylenes is 1. The summed E-state index contributed by atoms with van der Waals surface area (Å²) in [6, 6.07) is 8.04. The molecule has 0 bridgehead atoms. The zero-order chi connectivity index (χ0) is 14.2. The van der Waals surface area contributed by atoms with Gasteiger partial charge in [-0.25, -0.2) is 0 Å². The van der Waals surface area contributed by atoms with Crippen LogP contribution in [0.1, 0.15) is 30.4 Å². The highest BCUT2D eigenvalue weighted by molar-refractivity contribution is 5.98. The van der Waals surface area contributed by atoms with E-state index in [1.165, 1.54) is 24.8 Å². The van der Waals surface area contributed by atoms with E-state index in [1.54, 1.807) is 0 Å². The van der Waals surface area contributed by atoms with E-state index in [9.17, 15) is 0 Å². The van der Waals surface area contributed by atoms with Crippen molar-refractivity contribution in [2.75, 3.05) is 19.7 Å². The van der Waals surface area contributed by atoms with Crippen LogP contribution in [0, 0.1) is 12.3 Å². The van der Waals surface area contributed by atoms with Crippen molar-refractivity contribution in [3.8, 4) is 12.3 Å². The van der Waals surface area contributed by atoms with Crippen LogP contribution >= 0.6 is 0 Å². The van der Waals surface area contributed by atoms with Crippen molar-refractivity contribution in [3.63, 3.8) is 0 Å². The van der Waals surface area contributed by atoms with Crippen molar-refractivity contribution < 1.29 is 4.84 Å². The number of likely N-dealkylation sites (tertiary alicyclic amines) is 1. The van der Waals surface area contributed by atoms with Gasteiger partial charge in [-0.2, -0.15) is 0 Å². The Balaban J connectivity index is 2.09. The molecule has 1 aromatic rings. The van der Waals surface area contributed by atoms with Crippen molar-refractivity contribution >= 4 is 5.84 Å². The Morgan fingerprint density at radius 2 is 2.05 bits per heavy atom. The van der Waals surface area contributed by atoms with E-state index in [2.05, 4.69) is 22.0 Å². The molecular formula is C16H21N3O. The van der Waals surface area contributed by atoms with Gasteiger partial charge in [0.15, 0.2) is 12.4 Å². The van der Waals surface area contributed by atoms with Gasteiger partial charge < -0.3 is 10.6 Å². The van der Waals surface area contributed by atoms with Gasteiger partial charge >= 0.3 is 0 Å². The monoisotopic (exact) mass is 271 g/mol. The van der Waals surface area contributed by atoms with Crippen LogP contribution in [0.15, 0.2) is 29.4 Å². The Morgan fingerprint density at radius 3 is 2.80 bits per heavy atom. The Morgan fingerprint density at radius 1 is 1.30 bits per heavy atom. The molecule has 1 saturated heterocycles. The fraction of sp³-hybridized carbons (Fsp3) is 0.438. The fourth-order valence-corrected chi connectivity index (χ4v) is 2.45. The van der Waals surface area contributed by atoms with E-state index in [1.807, 2.05) is 18.2 Å². The first-order valence-electron chi connectivity index (χ1n) is 7.01. The van der Waals surface area contributed by atoms with Gasteiger partial charge in [0.2, 0.25) is 0 Å². The van der Waals surface area contributed by atoms with Crippen LogP contribution in [0.2, 0.25) is 0 Å². The molecule has 0 amide bonds. The molecule has 0 atom stereocenters. The summed E-state index contributed by atoms with van der Waals surface area (Å²) in [6.45, 7) is 3.34. The Labute approximate surface area is 120 Å². The van der Waals surface area contributed by atoms with Crippen LogP contribution in [0.4, 0.5) is 0 Å². The average molecular weight is 271 g/mol. The fourth-order valence-electron chi connectivity index (χ4n) is 2.45. The number of piperidine rings is 1. The van der Waals surface area contributed by atoms with E-state index in [0.717, 1.165) is 25.2 Å². The molecule has 0 spiro atoms. The van der Waals surface area contributed by atoms with Crippen molar-refractivity contribution in [2.45, 2.75) is 25.8 Å². The lowest BCUT2D eigenvalue weighted by molar-refractivity contribution is 0.179. The molecule has 2 rings (SSSR count). The van der Waals surface area contributed by atoms with Gasteiger partial charge in [0.05, 0.1) is 0 Å². The first-order valence-corrected chi connectivity index (χ1v) is 7.01. The second kappa shape index (κ2) is 7.56. The van der Waals surface area contributed by atoms with Crippen LogP contribution in [-0.4, -0.2) is 30.4 Å². The molecule has 0 radical (unpaired) electrons. The van der Waals surface area contributed by atoms with Crippen molar-refractivity contribution in [1.29, 1.82) is 0 Å². The largest absolute Gasteiger partial charge is 0.381 e. The van der Waals surface area contributed by atoms with Gasteiger partial charge in [-0.1, -0.05) is 41.8 Å². The van der Waals surface area contributed by atoms with Crippen LogP contribution in [0.5, 0.6) is 0 Å². The molecule has 2 N–H and O–H groups in total. The number of hydrogen-bond acceptors (Lipinski definition) is 3. The second-order valence-corrected chi connectivity index (χ2v) is 4.95. The van der Waals surface area contributed by atoms with Gasteiger partial charge in [-0.05, 0) is 31.5 Å². The zero-order valence-corrected chi connectivity index (χ0v) is 11.7. The van der Waals surface area contributed by atoms with E-state index < -0.39 is 0 Å². The molecule has 20 heavy (non-hydrogen) atoms. The lowest BCUT2D eigenvalue weighted by Crippen LogP contribution is -2.30. The van der Waals surface area contributed by atoms with Crippen molar-refractivity contribution in [2.24, 2.45) is 10.9 Å². The first kappa shape index (κ1) is 14.4. The molecule has 1 heterocycles. The molecule has 0 aliphatic carbocycles. The third-order valence-electron chi connectivity index (χ3n) is 3.45. The molecule has 0 unspecified atom stereocenters. The number of rotatable bonds is 5. The zero-order valence-electron chi connectivity index (χ0n) is 11.7. The highest BCUT2D eigenvalue weighted by Gasteiger charge is 2.13. The molecular weight excluding hydrogens is 250 g/mol. The summed E-state index contributed by atoms with van der Waals surface area (Å²) >= 11 is 0. The molecule has 4 heteroatoms. The first-order chi connectivity index (χ1) is 9.81. The van der Waals surface area contributed by atoms with Gasteiger partial charge in [0.25, 0.3) is 0 Å². The number of oxime groups is 1. The maximum Gasteiger partial charge on any atom is 0.177 e. The molecule has 1 fully saturated rings. The smallest absolute Gasteiger partial charge is 0.177 e. The van der Waals surface area contributed by atoms with E-state index in [4.69, 9.17) is 17.0 Å². The van der Waals surface area contributed by atoms with E-state index in [0.29, 0.717) is 5.84 Å². The second-order valence-electron chi connectivity index (χ2n) is 4.95. The Bertz CT molecular complexity index is 499. The van der Waals surface area contributed by atoms with Crippen LogP contribution in [0.3, 0.4) is 0 Å². The summed E-state index contributed by atoms with van der Waals surface area (Å²) in [4.78, 5) is 7.41. The maximum absolute atomic E-state index is 5.98. The molecule has 4 nitrogen and oxygen atoms in total. The molecule has 1 aliphatic heterocycles. The van der Waals surface area contributed by atoms with Gasteiger partial charge in [0.1, 0.15) is 0 Å². The maximum atomic E-state index is 5.98. The SMILES string of the molecule is C#CCO/N=C(/N)c1ccccc1CN1CCCCC1. The lowest BCUT2D eigenvalue weighted by atomic mass is 10.0. The normalized spacial score (nSPS) is 16.6. The Hall–Kier alpha value is -1.99. The van der Waals surface area contributed by atoms with Crippen LogP contribution in [0.25, 0.3) is 0 Å². The molecule has 0 saturated carbocycles. The summed E-state index contributed by atoms with van der Waals surface area (Å²) in [5.74, 6) is 2.74. The number of amidine groups is 1. The van der Waals surface area contributed by atoms with Crippen LogP contribution in [-0.2, 0) is 11.4 Å². The van der Waals surface area contributed by atoms with Crippen molar-refractivity contribution in [1.82, 2.24) is 4.90 Å². The third kappa shape index (κ3) is 4.01. The third-order valence-corrected chi connectivity index (χ3v) is 3.45. The minimum Gasteiger partial charge on any atom is -0.381 e. The topological polar surface area (TPSA) is 50.9 Å². The summed E-state index contributed by atoms with van der Waals surface area (Å²) in [5.41, 5.74) is 8.09. The molecule has 1 aromatic carbocycles. The quantitative estimate of drug-likeness (QED) is 0.293. The van der Waals surface area contributed by atoms with Crippen molar-refractivity contribution in [3.05, 3.63) is 35.4 Å². The highest BCUT2D eigenvalue weighted by Crippen LogP contribution is 2.16. The van der Waals surface area contributed by atoms with Gasteiger partial charge in [-0.3, -0.25) is 4.90 Å². The van der Waals surface area contributed by atoms with Gasteiger partial charge in [-0.15, -0.1) is 6.42 Å².